The van der Waals surface area contributed by atoms with Crippen molar-refractivity contribution < 1.29 is 18.7 Å². The quantitative estimate of drug-likeness (QED) is 0.378. The SMILES string of the molecule is COc1ccc(C(=O)N2CCN(CC(OCc3ccc(C#N)cc3)c3cccc(N4CCCC4)c3)CC2)cc1F. The molecule has 0 spiro atoms. The normalized spacial score (nSPS) is 16.5. The Kier molecular flexibility index (Phi) is 8.94. The molecule has 2 fully saturated rings. The number of anilines is 1. The number of nitrogens with zero attached hydrogens (tertiary/aromatic N) is 4. The van der Waals surface area contributed by atoms with Crippen molar-refractivity contribution in [2.45, 2.75) is 25.6 Å². The summed E-state index contributed by atoms with van der Waals surface area (Å²) < 4.78 is 25.7. The summed E-state index contributed by atoms with van der Waals surface area (Å²) in [5.41, 5.74) is 4.33. The summed E-state index contributed by atoms with van der Waals surface area (Å²) in [4.78, 5) is 19.5. The van der Waals surface area contributed by atoms with Gasteiger partial charge in [-0.25, -0.2) is 4.39 Å². The maximum atomic E-state index is 14.2. The van der Waals surface area contributed by atoms with Crippen LogP contribution in [0.2, 0.25) is 0 Å². The zero-order valence-electron chi connectivity index (χ0n) is 22.9. The minimum atomic E-state index is -0.537. The van der Waals surface area contributed by atoms with Gasteiger partial charge in [-0.1, -0.05) is 24.3 Å². The van der Waals surface area contributed by atoms with Crippen LogP contribution in [0.15, 0.2) is 66.7 Å². The number of amides is 1. The van der Waals surface area contributed by atoms with E-state index in [2.05, 4.69) is 40.1 Å². The third kappa shape index (κ3) is 6.61. The van der Waals surface area contributed by atoms with Gasteiger partial charge in [0.25, 0.3) is 5.91 Å². The topological polar surface area (TPSA) is 69.0 Å². The molecule has 5 rings (SSSR count). The first-order chi connectivity index (χ1) is 19.5. The van der Waals surface area contributed by atoms with Gasteiger partial charge in [0.2, 0.25) is 0 Å². The molecule has 8 heteroatoms. The Morgan fingerprint density at radius 1 is 0.975 bits per heavy atom. The minimum Gasteiger partial charge on any atom is -0.494 e. The van der Waals surface area contributed by atoms with Crippen molar-refractivity contribution in [2.75, 3.05) is 57.8 Å². The molecule has 3 aromatic carbocycles. The standard InChI is InChI=1S/C32H35FN4O3/c1-39-30-12-11-27(20-29(30)33)32(38)37-17-15-35(16-18-37)22-31(40-23-25-9-7-24(21-34)8-10-25)26-5-4-6-28(19-26)36-13-2-3-14-36/h4-12,19-20,31H,2-3,13-18,22-23H2,1H3. The summed E-state index contributed by atoms with van der Waals surface area (Å²) in [6.45, 7) is 5.80. The molecule has 2 aliphatic rings. The Labute approximate surface area is 235 Å². The number of carbonyl (C=O) groups is 1. The third-order valence-electron chi connectivity index (χ3n) is 7.73. The fraction of sp³-hybridized carbons (Fsp3) is 0.375. The average molecular weight is 543 g/mol. The number of hydrogen-bond acceptors (Lipinski definition) is 6. The molecule has 0 saturated carbocycles. The summed E-state index contributed by atoms with van der Waals surface area (Å²) in [6.07, 6.45) is 2.28. The van der Waals surface area contributed by atoms with Gasteiger partial charge < -0.3 is 19.3 Å². The molecule has 0 aromatic heterocycles. The predicted molar refractivity (Wildman–Crippen MR) is 152 cm³/mol. The molecular weight excluding hydrogens is 507 g/mol. The van der Waals surface area contributed by atoms with Crippen molar-refractivity contribution >= 4 is 11.6 Å². The van der Waals surface area contributed by atoms with Gasteiger partial charge in [-0.05, 0) is 66.4 Å². The highest BCUT2D eigenvalue weighted by Gasteiger charge is 2.26. The number of rotatable bonds is 9. The summed E-state index contributed by atoms with van der Waals surface area (Å²) in [5.74, 6) is -0.583. The monoisotopic (exact) mass is 542 g/mol. The highest BCUT2D eigenvalue weighted by Crippen LogP contribution is 2.28. The van der Waals surface area contributed by atoms with Crippen molar-refractivity contribution in [2.24, 2.45) is 0 Å². The van der Waals surface area contributed by atoms with Gasteiger partial charge in [-0.15, -0.1) is 0 Å². The Morgan fingerprint density at radius 3 is 2.40 bits per heavy atom. The second-order valence-corrected chi connectivity index (χ2v) is 10.3. The molecule has 0 radical (unpaired) electrons. The molecule has 2 aliphatic heterocycles. The minimum absolute atomic E-state index is 0.127. The zero-order valence-corrected chi connectivity index (χ0v) is 22.9. The molecule has 40 heavy (non-hydrogen) atoms. The van der Waals surface area contributed by atoms with Crippen LogP contribution in [0, 0.1) is 17.1 Å². The second kappa shape index (κ2) is 12.9. The van der Waals surface area contributed by atoms with Crippen LogP contribution in [-0.4, -0.2) is 68.6 Å². The predicted octanol–water partition coefficient (Wildman–Crippen LogP) is 5.02. The first-order valence-corrected chi connectivity index (χ1v) is 13.8. The molecule has 0 aliphatic carbocycles. The third-order valence-corrected chi connectivity index (χ3v) is 7.73. The maximum Gasteiger partial charge on any atom is 0.254 e. The largest absolute Gasteiger partial charge is 0.494 e. The number of ether oxygens (including phenoxy) is 2. The molecule has 208 valence electrons. The number of nitriles is 1. The molecule has 1 amide bonds. The number of piperazine rings is 1. The molecule has 0 N–H and O–H groups in total. The lowest BCUT2D eigenvalue weighted by atomic mass is 10.1. The van der Waals surface area contributed by atoms with Crippen LogP contribution in [0.4, 0.5) is 10.1 Å². The molecule has 0 bridgehead atoms. The molecule has 1 atom stereocenters. The van der Waals surface area contributed by atoms with Crippen LogP contribution in [0.5, 0.6) is 5.75 Å². The molecule has 1 unspecified atom stereocenters. The Balaban J connectivity index is 1.25. The number of methoxy groups -OCH3 is 1. The lowest BCUT2D eigenvalue weighted by Gasteiger charge is -2.36. The van der Waals surface area contributed by atoms with Crippen LogP contribution in [-0.2, 0) is 11.3 Å². The van der Waals surface area contributed by atoms with Crippen molar-refractivity contribution in [1.29, 1.82) is 5.26 Å². The summed E-state index contributed by atoms with van der Waals surface area (Å²) in [6, 6.07) is 22.6. The van der Waals surface area contributed by atoms with E-state index in [0.29, 0.717) is 50.5 Å². The van der Waals surface area contributed by atoms with Gasteiger partial charge in [-0.3, -0.25) is 9.69 Å². The van der Waals surface area contributed by atoms with Crippen molar-refractivity contribution in [1.82, 2.24) is 9.80 Å². The van der Waals surface area contributed by atoms with E-state index in [1.807, 2.05) is 24.3 Å². The van der Waals surface area contributed by atoms with Gasteiger partial charge >= 0.3 is 0 Å². The number of hydrogen-bond donors (Lipinski definition) is 0. The first kappa shape index (κ1) is 27.6. The summed E-state index contributed by atoms with van der Waals surface area (Å²) in [7, 11) is 1.41. The van der Waals surface area contributed by atoms with Crippen LogP contribution in [0.1, 0.15) is 46.0 Å². The van der Waals surface area contributed by atoms with Crippen LogP contribution in [0.3, 0.4) is 0 Å². The van der Waals surface area contributed by atoms with E-state index >= 15 is 0 Å². The Bertz CT molecular complexity index is 1340. The zero-order chi connectivity index (χ0) is 27.9. The van der Waals surface area contributed by atoms with E-state index < -0.39 is 5.82 Å². The van der Waals surface area contributed by atoms with Gasteiger partial charge in [0, 0.05) is 57.1 Å². The van der Waals surface area contributed by atoms with Gasteiger partial charge in [-0.2, -0.15) is 5.26 Å². The Hall–Kier alpha value is -3.93. The van der Waals surface area contributed by atoms with Crippen molar-refractivity contribution in [3.63, 3.8) is 0 Å². The van der Waals surface area contributed by atoms with Crippen LogP contribution >= 0.6 is 0 Å². The smallest absolute Gasteiger partial charge is 0.254 e. The lowest BCUT2D eigenvalue weighted by molar-refractivity contribution is 0.00343. The number of halogens is 1. The van der Waals surface area contributed by atoms with E-state index in [1.54, 1.807) is 11.0 Å². The highest BCUT2D eigenvalue weighted by atomic mass is 19.1. The van der Waals surface area contributed by atoms with E-state index in [1.165, 1.54) is 37.8 Å². The van der Waals surface area contributed by atoms with E-state index in [4.69, 9.17) is 14.7 Å². The van der Waals surface area contributed by atoms with E-state index in [-0.39, 0.29) is 17.8 Å². The fourth-order valence-electron chi connectivity index (χ4n) is 5.37. The van der Waals surface area contributed by atoms with Crippen molar-refractivity contribution in [3.05, 3.63) is 94.8 Å². The average Bonchev–Trinajstić information content (AvgIpc) is 3.55. The summed E-state index contributed by atoms with van der Waals surface area (Å²) in [5, 5.41) is 9.11. The van der Waals surface area contributed by atoms with E-state index in [9.17, 15) is 9.18 Å². The summed E-state index contributed by atoms with van der Waals surface area (Å²) >= 11 is 0. The molecule has 7 nitrogen and oxygen atoms in total. The molecule has 2 heterocycles. The molecule has 2 saturated heterocycles. The van der Waals surface area contributed by atoms with E-state index in [0.717, 1.165) is 24.2 Å². The second-order valence-electron chi connectivity index (χ2n) is 10.3. The fourth-order valence-corrected chi connectivity index (χ4v) is 5.37. The van der Waals surface area contributed by atoms with Crippen molar-refractivity contribution in [3.8, 4) is 11.8 Å². The highest BCUT2D eigenvalue weighted by molar-refractivity contribution is 5.94. The maximum absolute atomic E-state index is 14.2. The Morgan fingerprint density at radius 2 is 1.73 bits per heavy atom. The lowest BCUT2D eigenvalue weighted by Crippen LogP contribution is -2.49. The number of benzene rings is 3. The van der Waals surface area contributed by atoms with Crippen LogP contribution in [0.25, 0.3) is 0 Å². The molecular formula is C32H35FN4O3. The van der Waals surface area contributed by atoms with Gasteiger partial charge in [0.15, 0.2) is 11.6 Å². The van der Waals surface area contributed by atoms with Gasteiger partial charge in [0.1, 0.15) is 0 Å². The molecule has 3 aromatic rings. The van der Waals surface area contributed by atoms with Gasteiger partial charge in [0.05, 0.1) is 31.5 Å². The first-order valence-electron chi connectivity index (χ1n) is 13.8. The van der Waals surface area contributed by atoms with Crippen LogP contribution < -0.4 is 9.64 Å². The number of carbonyl (C=O) groups excluding carboxylic acids is 1.